The van der Waals surface area contributed by atoms with E-state index in [9.17, 15) is 9.59 Å². The van der Waals surface area contributed by atoms with Crippen LogP contribution in [0.2, 0.25) is 0 Å². The van der Waals surface area contributed by atoms with Crippen molar-refractivity contribution in [3.8, 4) is 0 Å². The summed E-state index contributed by atoms with van der Waals surface area (Å²) in [4.78, 5) is 30.8. The summed E-state index contributed by atoms with van der Waals surface area (Å²) in [6, 6.07) is 0.389. The largest absolute Gasteiger partial charge is 0.339 e. The number of nitrogens with one attached hydrogen (secondary N) is 2. The number of carbonyl (C=O) groups excluding carboxylic acids is 2. The number of carbonyl (C=O) groups is 2. The molecule has 2 aliphatic heterocycles. The number of nitrogens with zero attached hydrogens (tertiary/aromatic N) is 2. The van der Waals surface area contributed by atoms with E-state index in [0.717, 1.165) is 25.7 Å². The number of hydrogen-bond donors (Lipinski definition) is 2. The molecule has 2 saturated heterocycles. The molecule has 0 radical (unpaired) electrons. The fourth-order valence-corrected chi connectivity index (χ4v) is 7.20. The Labute approximate surface area is 216 Å². The molecule has 0 aromatic heterocycles. The smallest absolute Gasteiger partial charge is 0.222 e. The molecule has 35 heavy (non-hydrogen) atoms. The van der Waals surface area contributed by atoms with Crippen LogP contribution in [0.25, 0.3) is 0 Å². The van der Waals surface area contributed by atoms with Gasteiger partial charge in [-0.05, 0) is 86.5 Å². The lowest BCUT2D eigenvalue weighted by atomic mass is 9.77. The number of piperidine rings is 2. The highest BCUT2D eigenvalue weighted by Gasteiger charge is 2.44. The third kappa shape index (κ3) is 8.45. The maximum absolute atomic E-state index is 13.3. The lowest BCUT2D eigenvalue weighted by Crippen LogP contribution is -2.64. The monoisotopic (exact) mass is 492 g/mol. The van der Waals surface area contributed by atoms with Crippen LogP contribution in [0.3, 0.4) is 0 Å². The van der Waals surface area contributed by atoms with Gasteiger partial charge in [0.15, 0.2) is 0 Å². The number of rotatable bonds is 8. The molecule has 0 aromatic rings. The Morgan fingerprint density at radius 3 is 1.14 bits per heavy atom. The van der Waals surface area contributed by atoms with Crippen LogP contribution >= 0.6 is 0 Å². The van der Waals surface area contributed by atoms with Crippen LogP contribution in [0.15, 0.2) is 0 Å². The Hall–Kier alpha value is -1.14. The van der Waals surface area contributed by atoms with Gasteiger partial charge in [0.25, 0.3) is 0 Å². The van der Waals surface area contributed by atoms with Crippen LogP contribution in [0, 0.1) is 5.41 Å². The number of amides is 2. The summed E-state index contributed by atoms with van der Waals surface area (Å²) in [5, 5.41) is 7.51. The summed E-state index contributed by atoms with van der Waals surface area (Å²) in [5.74, 6) is 0.433. The molecule has 2 heterocycles. The second-order valence-corrected chi connectivity index (χ2v) is 14.8. The molecule has 0 bridgehead atoms. The van der Waals surface area contributed by atoms with Gasteiger partial charge in [0.2, 0.25) is 11.8 Å². The quantitative estimate of drug-likeness (QED) is 0.494. The minimum atomic E-state index is -0.214. The molecule has 0 atom stereocenters. The normalized spacial score (nSPS) is 24.1. The average Bonchev–Trinajstić information content (AvgIpc) is 2.64. The molecule has 0 saturated carbocycles. The SMILES string of the molecule is CCC(=O)N(CC(C)(C)CN(C(=O)CC)C1CC(C)(C)NC(C)(C)C1)C1CC(C)(C)NC(C)(C)C1. The molecule has 2 rings (SSSR count). The molecule has 2 fully saturated rings. The van der Waals surface area contributed by atoms with E-state index in [1.807, 2.05) is 13.8 Å². The Bertz CT molecular complexity index is 675. The highest BCUT2D eigenvalue weighted by atomic mass is 16.2. The van der Waals surface area contributed by atoms with E-state index in [4.69, 9.17) is 0 Å². The first-order chi connectivity index (χ1) is 15.7. The van der Waals surface area contributed by atoms with E-state index in [1.54, 1.807) is 0 Å². The maximum atomic E-state index is 13.3. The molecule has 0 unspecified atom stereocenters. The molecule has 204 valence electrons. The summed E-state index contributed by atoms with van der Waals surface area (Å²) in [7, 11) is 0. The summed E-state index contributed by atoms with van der Waals surface area (Å²) in [6.07, 6.45) is 4.77. The molecule has 6 heteroatoms. The molecule has 2 amide bonds. The summed E-state index contributed by atoms with van der Waals surface area (Å²) in [6.45, 7) is 27.6. The van der Waals surface area contributed by atoms with Crippen molar-refractivity contribution >= 4 is 11.8 Å². The zero-order chi connectivity index (χ0) is 27.0. The van der Waals surface area contributed by atoms with Gasteiger partial charge in [-0.2, -0.15) is 0 Å². The van der Waals surface area contributed by atoms with E-state index < -0.39 is 0 Å². The summed E-state index contributed by atoms with van der Waals surface area (Å²) in [5.41, 5.74) is -0.328. The molecule has 0 aliphatic carbocycles. The standard InChI is InChI=1S/C29H56N4O2/c1-13-23(34)32(21-15-26(5,6)30-27(7,8)16-21)19-25(3,4)20-33(24(35)14-2)22-17-28(9,10)31-29(11,12)18-22/h21-22,30-31H,13-20H2,1-12H3. The van der Waals surface area contributed by atoms with Crippen molar-refractivity contribution in [2.24, 2.45) is 5.41 Å². The fraction of sp³-hybridized carbons (Fsp3) is 0.931. The van der Waals surface area contributed by atoms with E-state index >= 15 is 0 Å². The van der Waals surface area contributed by atoms with Crippen molar-refractivity contribution in [3.05, 3.63) is 0 Å². The predicted molar refractivity (Wildman–Crippen MR) is 146 cm³/mol. The molecular formula is C29H56N4O2. The first kappa shape index (κ1) is 30.1. The van der Waals surface area contributed by atoms with Gasteiger partial charge in [-0.25, -0.2) is 0 Å². The Morgan fingerprint density at radius 1 is 0.657 bits per heavy atom. The average molecular weight is 493 g/mol. The zero-order valence-electron chi connectivity index (χ0n) is 25.0. The van der Waals surface area contributed by atoms with Crippen LogP contribution in [-0.2, 0) is 9.59 Å². The van der Waals surface area contributed by atoms with Crippen molar-refractivity contribution in [2.75, 3.05) is 13.1 Å². The van der Waals surface area contributed by atoms with Gasteiger partial charge in [0.05, 0.1) is 0 Å². The van der Waals surface area contributed by atoms with Crippen LogP contribution in [-0.4, -0.2) is 68.9 Å². The van der Waals surface area contributed by atoms with E-state index in [-0.39, 0.29) is 51.5 Å². The third-order valence-corrected chi connectivity index (χ3v) is 7.66. The van der Waals surface area contributed by atoms with Crippen molar-refractivity contribution in [1.29, 1.82) is 0 Å². The zero-order valence-corrected chi connectivity index (χ0v) is 25.0. The van der Waals surface area contributed by atoms with Crippen molar-refractivity contribution in [2.45, 2.75) is 156 Å². The fourth-order valence-electron chi connectivity index (χ4n) is 7.20. The third-order valence-electron chi connectivity index (χ3n) is 7.66. The number of hydrogen-bond acceptors (Lipinski definition) is 4. The van der Waals surface area contributed by atoms with Crippen LogP contribution < -0.4 is 10.6 Å². The minimum absolute atomic E-state index is 0.0285. The highest BCUT2D eigenvalue weighted by molar-refractivity contribution is 5.77. The van der Waals surface area contributed by atoms with Gasteiger partial charge in [-0.1, -0.05) is 27.7 Å². The van der Waals surface area contributed by atoms with E-state index in [0.29, 0.717) is 25.9 Å². The molecule has 2 N–H and O–H groups in total. The van der Waals surface area contributed by atoms with Crippen molar-refractivity contribution in [1.82, 2.24) is 20.4 Å². The lowest BCUT2D eigenvalue weighted by molar-refractivity contribution is -0.140. The molecule has 0 aromatic carbocycles. The van der Waals surface area contributed by atoms with E-state index in [2.05, 4.69) is 89.7 Å². The van der Waals surface area contributed by atoms with Crippen molar-refractivity contribution < 1.29 is 9.59 Å². The summed E-state index contributed by atoms with van der Waals surface area (Å²) >= 11 is 0. The van der Waals surface area contributed by atoms with Crippen LogP contribution in [0.1, 0.15) is 122 Å². The van der Waals surface area contributed by atoms with Gasteiger partial charge in [0.1, 0.15) is 0 Å². The van der Waals surface area contributed by atoms with Gasteiger partial charge in [-0.15, -0.1) is 0 Å². The van der Waals surface area contributed by atoms with Crippen LogP contribution in [0.4, 0.5) is 0 Å². The topological polar surface area (TPSA) is 64.7 Å². The van der Waals surface area contributed by atoms with E-state index in [1.165, 1.54) is 0 Å². The molecule has 6 nitrogen and oxygen atoms in total. The molecule has 2 aliphatic rings. The Balaban J connectivity index is 2.31. The second kappa shape index (κ2) is 10.3. The Kier molecular flexibility index (Phi) is 8.87. The first-order valence-electron chi connectivity index (χ1n) is 13.9. The van der Waals surface area contributed by atoms with Gasteiger partial charge in [0, 0.05) is 60.2 Å². The second-order valence-electron chi connectivity index (χ2n) is 14.8. The predicted octanol–water partition coefficient (Wildman–Crippen LogP) is 5.11. The maximum Gasteiger partial charge on any atom is 0.222 e. The van der Waals surface area contributed by atoms with Gasteiger partial charge in [-0.3, -0.25) is 9.59 Å². The Morgan fingerprint density at radius 2 is 0.914 bits per heavy atom. The first-order valence-corrected chi connectivity index (χ1v) is 13.9. The molecular weight excluding hydrogens is 436 g/mol. The van der Waals surface area contributed by atoms with Crippen molar-refractivity contribution in [3.63, 3.8) is 0 Å². The summed E-state index contributed by atoms with van der Waals surface area (Å²) < 4.78 is 0. The highest BCUT2D eigenvalue weighted by Crippen LogP contribution is 2.36. The lowest BCUT2D eigenvalue weighted by Gasteiger charge is -2.52. The van der Waals surface area contributed by atoms with Gasteiger partial charge < -0.3 is 20.4 Å². The van der Waals surface area contributed by atoms with Gasteiger partial charge >= 0.3 is 0 Å². The molecule has 0 spiro atoms. The minimum Gasteiger partial charge on any atom is -0.339 e. The van der Waals surface area contributed by atoms with Crippen LogP contribution in [0.5, 0.6) is 0 Å².